The van der Waals surface area contributed by atoms with E-state index in [-0.39, 0.29) is 23.3 Å². The Kier molecular flexibility index (Phi) is 4.45. The highest BCUT2D eigenvalue weighted by molar-refractivity contribution is 7.80. The van der Waals surface area contributed by atoms with E-state index in [1.54, 1.807) is 26.0 Å². The molecule has 1 atom stereocenters. The molecule has 2 heterocycles. The molecule has 2 aliphatic heterocycles. The molecule has 0 aliphatic carbocycles. The number of methoxy groups -OCH3 is 1. The molecule has 0 aromatic heterocycles. The largest absolute Gasteiger partial charge is 0.495 e. The fourth-order valence-corrected chi connectivity index (χ4v) is 3.48. The molecule has 0 radical (unpaired) electrons. The summed E-state index contributed by atoms with van der Waals surface area (Å²) >= 11 is 5.11. The van der Waals surface area contributed by atoms with Gasteiger partial charge in [0.1, 0.15) is 17.3 Å². The molecule has 2 aliphatic rings. The van der Waals surface area contributed by atoms with Crippen molar-refractivity contribution in [2.24, 2.45) is 0 Å². The van der Waals surface area contributed by atoms with Crippen molar-refractivity contribution in [3.63, 3.8) is 0 Å². The van der Waals surface area contributed by atoms with Crippen molar-refractivity contribution in [2.75, 3.05) is 12.4 Å². The molecule has 26 heavy (non-hydrogen) atoms. The van der Waals surface area contributed by atoms with E-state index in [1.807, 2.05) is 13.0 Å². The Labute approximate surface area is 156 Å². The molecule has 0 saturated carbocycles. The normalized spacial score (nSPS) is 22.1. The van der Waals surface area contributed by atoms with Crippen molar-refractivity contribution < 1.29 is 19.1 Å². The fourth-order valence-electron chi connectivity index (χ4n) is 3.19. The van der Waals surface area contributed by atoms with Gasteiger partial charge in [0.05, 0.1) is 19.2 Å². The Bertz CT molecular complexity index is 823. The molecule has 9 heteroatoms. The van der Waals surface area contributed by atoms with E-state index >= 15 is 0 Å². The zero-order valence-electron chi connectivity index (χ0n) is 15.0. The summed E-state index contributed by atoms with van der Waals surface area (Å²) in [5, 5.41) is 7.96. The lowest BCUT2D eigenvalue weighted by molar-refractivity contribution is -0.154. The monoisotopic (exact) mass is 376 g/mol. The SMILES string of the molecule is COc1ccc(C)cc1NC(=O)[C@@H]1CC(=O)N2C(=S)NC(=O)C(C)(C)N12. The molecule has 3 amide bonds. The van der Waals surface area contributed by atoms with Crippen LogP contribution in [0.25, 0.3) is 0 Å². The van der Waals surface area contributed by atoms with Crippen LogP contribution in [-0.4, -0.2) is 51.5 Å². The van der Waals surface area contributed by atoms with Gasteiger partial charge in [-0.1, -0.05) is 6.07 Å². The minimum absolute atomic E-state index is 0.0113. The minimum Gasteiger partial charge on any atom is -0.495 e. The summed E-state index contributed by atoms with van der Waals surface area (Å²) in [6, 6.07) is 4.55. The number of anilines is 1. The number of rotatable bonds is 3. The molecule has 0 unspecified atom stereocenters. The third-order valence-corrected chi connectivity index (χ3v) is 4.85. The van der Waals surface area contributed by atoms with Crippen LogP contribution in [0.4, 0.5) is 5.69 Å². The second kappa shape index (κ2) is 6.33. The quantitative estimate of drug-likeness (QED) is 0.764. The van der Waals surface area contributed by atoms with Crippen LogP contribution in [0.3, 0.4) is 0 Å². The van der Waals surface area contributed by atoms with E-state index in [2.05, 4.69) is 10.6 Å². The van der Waals surface area contributed by atoms with Gasteiger partial charge >= 0.3 is 0 Å². The molecule has 2 saturated heterocycles. The number of fused-ring (bicyclic) bond motifs is 1. The summed E-state index contributed by atoms with van der Waals surface area (Å²) in [4.78, 5) is 37.6. The second-order valence-corrected chi connectivity index (χ2v) is 7.17. The first-order valence-electron chi connectivity index (χ1n) is 8.10. The van der Waals surface area contributed by atoms with Crippen LogP contribution in [-0.2, 0) is 14.4 Å². The number of amides is 3. The molecule has 3 rings (SSSR count). The molecule has 8 nitrogen and oxygen atoms in total. The highest BCUT2D eigenvalue weighted by atomic mass is 32.1. The Hall–Kier alpha value is -2.52. The van der Waals surface area contributed by atoms with Crippen LogP contribution < -0.4 is 15.4 Å². The molecular formula is C17H20N4O4S. The first-order chi connectivity index (χ1) is 12.2. The number of carbonyl (C=O) groups excluding carboxylic acids is 3. The number of nitrogens with zero attached hydrogens (tertiary/aromatic N) is 2. The summed E-state index contributed by atoms with van der Waals surface area (Å²) in [7, 11) is 1.51. The van der Waals surface area contributed by atoms with Gasteiger partial charge < -0.3 is 10.1 Å². The molecule has 1 aromatic rings. The van der Waals surface area contributed by atoms with Crippen LogP contribution in [0, 0.1) is 6.92 Å². The second-order valence-electron chi connectivity index (χ2n) is 6.78. The zero-order valence-corrected chi connectivity index (χ0v) is 15.8. The summed E-state index contributed by atoms with van der Waals surface area (Å²) in [6.45, 7) is 5.18. The van der Waals surface area contributed by atoms with E-state index in [0.717, 1.165) is 5.56 Å². The van der Waals surface area contributed by atoms with Gasteiger partial charge in [0, 0.05) is 0 Å². The van der Waals surface area contributed by atoms with Gasteiger partial charge in [-0.3, -0.25) is 19.7 Å². The van der Waals surface area contributed by atoms with Gasteiger partial charge in [0.15, 0.2) is 5.11 Å². The fraction of sp³-hybridized carbons (Fsp3) is 0.412. The van der Waals surface area contributed by atoms with Crippen LogP contribution in [0.2, 0.25) is 0 Å². The van der Waals surface area contributed by atoms with Crippen molar-refractivity contribution in [3.05, 3.63) is 23.8 Å². The maximum Gasteiger partial charge on any atom is 0.248 e. The predicted molar refractivity (Wildman–Crippen MR) is 98.3 cm³/mol. The van der Waals surface area contributed by atoms with Crippen molar-refractivity contribution in [1.29, 1.82) is 0 Å². The molecule has 2 N–H and O–H groups in total. The standard InChI is InChI=1S/C17H20N4O4S/c1-9-5-6-12(25-4)10(7-9)18-14(23)11-8-13(22)20-16(26)19-15(24)17(2,3)21(11)20/h5-7,11H,8H2,1-4H3,(H,18,23)(H,19,24,26)/t11-/m0/s1. The Morgan fingerprint density at radius 1 is 1.38 bits per heavy atom. The van der Waals surface area contributed by atoms with Gasteiger partial charge in [-0.05, 0) is 50.7 Å². The molecule has 0 spiro atoms. The topological polar surface area (TPSA) is 91.0 Å². The molecule has 1 aromatic carbocycles. The lowest BCUT2D eigenvalue weighted by atomic mass is 10.00. The first-order valence-corrected chi connectivity index (χ1v) is 8.50. The van der Waals surface area contributed by atoms with Crippen LogP contribution in [0.15, 0.2) is 18.2 Å². The Morgan fingerprint density at radius 2 is 2.08 bits per heavy atom. The Morgan fingerprint density at radius 3 is 2.73 bits per heavy atom. The molecule has 2 fully saturated rings. The number of aryl methyl sites for hydroxylation is 1. The predicted octanol–water partition coefficient (Wildman–Crippen LogP) is 0.953. The van der Waals surface area contributed by atoms with Gasteiger partial charge in [-0.25, -0.2) is 5.01 Å². The van der Waals surface area contributed by atoms with Crippen molar-refractivity contribution in [1.82, 2.24) is 15.3 Å². The smallest absolute Gasteiger partial charge is 0.248 e. The third-order valence-electron chi connectivity index (χ3n) is 4.57. The van der Waals surface area contributed by atoms with Crippen LogP contribution >= 0.6 is 12.2 Å². The summed E-state index contributed by atoms with van der Waals surface area (Å²) in [5.41, 5.74) is 0.349. The van der Waals surface area contributed by atoms with Gasteiger partial charge in [-0.2, -0.15) is 5.01 Å². The number of thiocarbonyl (C=S) groups is 1. The highest BCUT2D eigenvalue weighted by Gasteiger charge is 2.56. The lowest BCUT2D eigenvalue weighted by Crippen LogP contribution is -2.71. The zero-order chi connectivity index (χ0) is 19.2. The maximum atomic E-state index is 12.9. The van der Waals surface area contributed by atoms with Crippen molar-refractivity contribution in [3.8, 4) is 5.75 Å². The number of hydrazine groups is 1. The maximum absolute atomic E-state index is 12.9. The number of nitrogens with one attached hydrogen (secondary N) is 2. The van der Waals surface area contributed by atoms with E-state index in [9.17, 15) is 14.4 Å². The lowest BCUT2D eigenvalue weighted by Gasteiger charge is -2.45. The number of ether oxygens (including phenoxy) is 1. The molecule has 0 bridgehead atoms. The summed E-state index contributed by atoms with van der Waals surface area (Å²) in [6.07, 6.45) is -0.0709. The van der Waals surface area contributed by atoms with Gasteiger partial charge in [-0.15, -0.1) is 0 Å². The number of benzene rings is 1. The van der Waals surface area contributed by atoms with E-state index in [1.165, 1.54) is 17.1 Å². The van der Waals surface area contributed by atoms with E-state index in [0.29, 0.717) is 11.4 Å². The number of hydrogen-bond acceptors (Lipinski definition) is 6. The number of hydrogen-bond donors (Lipinski definition) is 2. The van der Waals surface area contributed by atoms with Crippen LogP contribution in [0.5, 0.6) is 5.75 Å². The van der Waals surface area contributed by atoms with Gasteiger partial charge in [0.25, 0.3) is 0 Å². The first kappa shape index (κ1) is 18.3. The van der Waals surface area contributed by atoms with Crippen LogP contribution in [0.1, 0.15) is 25.8 Å². The molecule has 138 valence electrons. The van der Waals surface area contributed by atoms with Gasteiger partial charge in [0.2, 0.25) is 17.7 Å². The number of carbonyl (C=O) groups is 3. The summed E-state index contributed by atoms with van der Waals surface area (Å²) in [5.74, 6) is -0.592. The van der Waals surface area contributed by atoms with Crippen molar-refractivity contribution >= 4 is 40.7 Å². The van der Waals surface area contributed by atoms with E-state index in [4.69, 9.17) is 17.0 Å². The third kappa shape index (κ3) is 2.82. The minimum atomic E-state index is -1.10. The van der Waals surface area contributed by atoms with E-state index < -0.39 is 17.5 Å². The summed E-state index contributed by atoms with van der Waals surface area (Å²) < 4.78 is 5.28. The Balaban J connectivity index is 1.92. The average Bonchev–Trinajstić information content (AvgIpc) is 2.92. The van der Waals surface area contributed by atoms with Crippen molar-refractivity contribution in [2.45, 2.75) is 38.8 Å². The molecular weight excluding hydrogens is 356 g/mol. The highest BCUT2D eigenvalue weighted by Crippen LogP contribution is 2.34. The average molecular weight is 376 g/mol.